The monoisotopic (exact) mass is 520 g/mol. The maximum absolute atomic E-state index is 13.4. The van der Waals surface area contributed by atoms with Crippen molar-refractivity contribution >= 4 is 56.5 Å². The molecular weight excluding hydrogens is 499 g/mol. The van der Waals surface area contributed by atoms with Crippen LogP contribution in [0.2, 0.25) is 10.0 Å². The Morgan fingerprint density at radius 3 is 2.24 bits per heavy atom. The van der Waals surface area contributed by atoms with E-state index in [1.165, 1.54) is 30.3 Å². The molecule has 0 bridgehead atoms. The average molecular weight is 521 g/mol. The van der Waals surface area contributed by atoms with Crippen molar-refractivity contribution in [1.29, 1.82) is 0 Å². The third-order valence-corrected chi connectivity index (χ3v) is 7.08. The van der Waals surface area contributed by atoms with Crippen molar-refractivity contribution in [3.05, 3.63) is 87.9 Å². The Hall–Kier alpha value is -3.07. The molecule has 0 radical (unpaired) electrons. The molecule has 3 aromatic rings. The SMILES string of the molecule is CCOC(=O)c1cccc(NC(=O)CN(c2cc(Cl)cc(Cl)c2)S(=O)(=O)c2ccccc2)c1C. The second-order valence-electron chi connectivity index (χ2n) is 7.20. The van der Waals surface area contributed by atoms with E-state index in [4.69, 9.17) is 27.9 Å². The topological polar surface area (TPSA) is 92.8 Å². The number of sulfonamides is 1. The fourth-order valence-electron chi connectivity index (χ4n) is 3.24. The van der Waals surface area contributed by atoms with Gasteiger partial charge in [0.15, 0.2) is 0 Å². The van der Waals surface area contributed by atoms with Gasteiger partial charge < -0.3 is 10.1 Å². The minimum atomic E-state index is -4.13. The summed E-state index contributed by atoms with van der Waals surface area (Å²) >= 11 is 12.2. The third-order valence-electron chi connectivity index (χ3n) is 4.86. The van der Waals surface area contributed by atoms with Crippen LogP contribution in [0.5, 0.6) is 0 Å². The molecule has 0 aliphatic heterocycles. The van der Waals surface area contributed by atoms with E-state index in [1.54, 1.807) is 50.2 Å². The second kappa shape index (κ2) is 10.9. The molecule has 0 saturated carbocycles. The maximum atomic E-state index is 13.4. The molecule has 10 heteroatoms. The Morgan fingerprint density at radius 1 is 0.971 bits per heavy atom. The Bertz CT molecular complexity index is 1290. The zero-order valence-electron chi connectivity index (χ0n) is 18.4. The number of hydrogen-bond donors (Lipinski definition) is 1. The van der Waals surface area contributed by atoms with Gasteiger partial charge in [0.05, 0.1) is 22.8 Å². The summed E-state index contributed by atoms with van der Waals surface area (Å²) in [6.07, 6.45) is 0. The molecule has 0 aliphatic carbocycles. The average Bonchev–Trinajstić information content (AvgIpc) is 2.79. The molecular formula is C24H22Cl2N2O5S. The first-order chi connectivity index (χ1) is 16.1. The normalized spacial score (nSPS) is 11.1. The lowest BCUT2D eigenvalue weighted by molar-refractivity contribution is -0.114. The highest BCUT2D eigenvalue weighted by Crippen LogP contribution is 2.30. The van der Waals surface area contributed by atoms with Crippen molar-refractivity contribution < 1.29 is 22.7 Å². The molecule has 178 valence electrons. The van der Waals surface area contributed by atoms with Gasteiger partial charge in [-0.2, -0.15) is 0 Å². The van der Waals surface area contributed by atoms with Gasteiger partial charge in [0.2, 0.25) is 5.91 Å². The van der Waals surface area contributed by atoms with E-state index in [-0.39, 0.29) is 27.2 Å². The molecule has 0 aromatic heterocycles. The van der Waals surface area contributed by atoms with Gasteiger partial charge in [-0.15, -0.1) is 0 Å². The van der Waals surface area contributed by atoms with Gasteiger partial charge in [0.25, 0.3) is 10.0 Å². The molecule has 0 unspecified atom stereocenters. The van der Waals surface area contributed by atoms with Crippen molar-refractivity contribution in [1.82, 2.24) is 0 Å². The molecule has 0 fully saturated rings. The first-order valence-corrected chi connectivity index (χ1v) is 12.4. The predicted molar refractivity (Wildman–Crippen MR) is 133 cm³/mol. The van der Waals surface area contributed by atoms with E-state index in [1.807, 2.05) is 0 Å². The van der Waals surface area contributed by atoms with E-state index in [0.29, 0.717) is 16.8 Å². The van der Waals surface area contributed by atoms with Crippen LogP contribution in [-0.4, -0.2) is 33.4 Å². The van der Waals surface area contributed by atoms with Crippen LogP contribution in [0.4, 0.5) is 11.4 Å². The summed E-state index contributed by atoms with van der Waals surface area (Å²) in [6.45, 7) is 3.01. The highest BCUT2D eigenvalue weighted by atomic mass is 35.5. The Kier molecular flexibility index (Phi) is 8.19. The summed E-state index contributed by atoms with van der Waals surface area (Å²) in [7, 11) is -4.13. The lowest BCUT2D eigenvalue weighted by Crippen LogP contribution is -2.38. The number of amides is 1. The summed E-state index contributed by atoms with van der Waals surface area (Å²) in [6, 6.07) is 16.8. The number of carbonyl (C=O) groups is 2. The number of hydrogen-bond acceptors (Lipinski definition) is 5. The first-order valence-electron chi connectivity index (χ1n) is 10.2. The number of esters is 1. The maximum Gasteiger partial charge on any atom is 0.338 e. The highest BCUT2D eigenvalue weighted by molar-refractivity contribution is 7.92. The standard InChI is InChI=1S/C24H22Cl2N2O5S/c1-3-33-24(30)21-10-7-11-22(16(21)2)27-23(29)15-28(19-13-17(25)12-18(26)14-19)34(31,32)20-8-5-4-6-9-20/h4-14H,3,15H2,1-2H3,(H,27,29). The summed E-state index contributed by atoms with van der Waals surface area (Å²) in [4.78, 5) is 25.2. The van der Waals surface area contributed by atoms with Crippen molar-refractivity contribution in [3.63, 3.8) is 0 Å². The van der Waals surface area contributed by atoms with Crippen LogP contribution in [0.3, 0.4) is 0 Å². The van der Waals surface area contributed by atoms with E-state index < -0.39 is 28.4 Å². The molecule has 1 amide bonds. The van der Waals surface area contributed by atoms with Gasteiger partial charge in [-0.1, -0.05) is 47.5 Å². The van der Waals surface area contributed by atoms with Gasteiger partial charge in [-0.25, -0.2) is 13.2 Å². The Balaban J connectivity index is 1.96. The molecule has 3 aromatic carbocycles. The van der Waals surface area contributed by atoms with E-state index >= 15 is 0 Å². The molecule has 0 atom stereocenters. The lowest BCUT2D eigenvalue weighted by atomic mass is 10.1. The van der Waals surface area contributed by atoms with Gasteiger partial charge in [-0.05, 0) is 61.9 Å². The number of nitrogens with one attached hydrogen (secondary N) is 1. The zero-order chi connectivity index (χ0) is 24.9. The number of ether oxygens (including phenoxy) is 1. The van der Waals surface area contributed by atoms with Crippen LogP contribution in [-0.2, 0) is 19.6 Å². The number of benzene rings is 3. The lowest BCUT2D eigenvalue weighted by Gasteiger charge is -2.25. The van der Waals surface area contributed by atoms with Crippen LogP contribution in [0, 0.1) is 6.92 Å². The van der Waals surface area contributed by atoms with Crippen molar-refractivity contribution in [2.24, 2.45) is 0 Å². The minimum absolute atomic E-state index is 0.000568. The smallest absolute Gasteiger partial charge is 0.338 e. The molecule has 0 aliphatic rings. The summed E-state index contributed by atoms with van der Waals surface area (Å²) in [5, 5.41) is 3.12. The molecule has 0 spiro atoms. The summed E-state index contributed by atoms with van der Waals surface area (Å²) < 4.78 is 32.8. The van der Waals surface area contributed by atoms with Crippen molar-refractivity contribution in [3.8, 4) is 0 Å². The third kappa shape index (κ3) is 5.88. The molecule has 0 saturated heterocycles. The zero-order valence-corrected chi connectivity index (χ0v) is 20.7. The molecule has 3 rings (SSSR count). The quantitative estimate of drug-likeness (QED) is 0.406. The first kappa shape index (κ1) is 25.6. The largest absolute Gasteiger partial charge is 0.462 e. The Labute approximate surface area is 208 Å². The molecule has 1 N–H and O–H groups in total. The fraction of sp³-hybridized carbons (Fsp3) is 0.167. The summed E-state index contributed by atoms with van der Waals surface area (Å²) in [5.41, 5.74) is 1.29. The van der Waals surface area contributed by atoms with Gasteiger partial charge in [0.1, 0.15) is 6.54 Å². The van der Waals surface area contributed by atoms with E-state index in [2.05, 4.69) is 5.32 Å². The van der Waals surface area contributed by atoms with Gasteiger partial charge in [-0.3, -0.25) is 9.10 Å². The summed E-state index contributed by atoms with van der Waals surface area (Å²) in [5.74, 6) is -1.14. The van der Waals surface area contributed by atoms with Crippen molar-refractivity contribution in [2.45, 2.75) is 18.7 Å². The predicted octanol–water partition coefficient (Wildman–Crippen LogP) is 5.31. The number of anilines is 2. The van der Waals surface area contributed by atoms with Crippen LogP contribution < -0.4 is 9.62 Å². The Morgan fingerprint density at radius 2 is 1.62 bits per heavy atom. The highest BCUT2D eigenvalue weighted by Gasteiger charge is 2.28. The minimum Gasteiger partial charge on any atom is -0.462 e. The van der Waals surface area contributed by atoms with Crippen LogP contribution >= 0.6 is 23.2 Å². The molecule has 7 nitrogen and oxygen atoms in total. The van der Waals surface area contributed by atoms with Crippen molar-refractivity contribution in [2.75, 3.05) is 22.8 Å². The molecule has 34 heavy (non-hydrogen) atoms. The van der Waals surface area contributed by atoms with E-state index in [9.17, 15) is 18.0 Å². The van der Waals surface area contributed by atoms with Crippen LogP contribution in [0.15, 0.2) is 71.6 Å². The van der Waals surface area contributed by atoms with Crippen LogP contribution in [0.1, 0.15) is 22.8 Å². The van der Waals surface area contributed by atoms with E-state index in [0.717, 1.165) is 4.31 Å². The molecule has 0 heterocycles. The number of carbonyl (C=O) groups excluding carboxylic acids is 2. The van der Waals surface area contributed by atoms with Gasteiger partial charge >= 0.3 is 5.97 Å². The van der Waals surface area contributed by atoms with Gasteiger partial charge in [0, 0.05) is 15.7 Å². The number of nitrogens with zero attached hydrogens (tertiary/aromatic N) is 1. The fourth-order valence-corrected chi connectivity index (χ4v) is 5.18. The number of halogens is 2. The number of rotatable bonds is 8. The van der Waals surface area contributed by atoms with Crippen LogP contribution in [0.25, 0.3) is 0 Å². The second-order valence-corrected chi connectivity index (χ2v) is 9.93.